The summed E-state index contributed by atoms with van der Waals surface area (Å²) in [4.78, 5) is 14.8. The Morgan fingerprint density at radius 3 is 2.38 bits per heavy atom. The summed E-state index contributed by atoms with van der Waals surface area (Å²) in [6.07, 6.45) is 2.21. The van der Waals surface area contributed by atoms with Gasteiger partial charge in [0.2, 0.25) is 0 Å². The van der Waals surface area contributed by atoms with Gasteiger partial charge in [0, 0.05) is 24.8 Å². The average Bonchev–Trinajstić information content (AvgIpc) is 2.57. The van der Waals surface area contributed by atoms with E-state index in [1.54, 1.807) is 18.2 Å². The monoisotopic (exact) mass is 414 g/mol. The highest BCUT2D eigenvalue weighted by Crippen LogP contribution is 2.27. The lowest BCUT2D eigenvalue weighted by Crippen LogP contribution is -2.35. The minimum atomic E-state index is -0.341. The maximum Gasteiger partial charge on any atom is 0.258 e. The highest BCUT2D eigenvalue weighted by atomic mass is 35.5. The van der Waals surface area contributed by atoms with Gasteiger partial charge < -0.3 is 15.0 Å². The highest BCUT2D eigenvalue weighted by Gasteiger charge is 2.18. The molecule has 7 heteroatoms. The van der Waals surface area contributed by atoms with Gasteiger partial charge in [0.15, 0.2) is 0 Å². The number of rotatable bonds is 4. The van der Waals surface area contributed by atoms with Crippen molar-refractivity contribution in [1.82, 2.24) is 4.90 Å². The summed E-state index contributed by atoms with van der Waals surface area (Å²) in [6.45, 7) is 2.07. The van der Waals surface area contributed by atoms with E-state index < -0.39 is 0 Å². The van der Waals surface area contributed by atoms with E-state index in [9.17, 15) is 4.79 Å². The fourth-order valence-electron chi connectivity index (χ4n) is 2.85. The van der Waals surface area contributed by atoms with Crippen molar-refractivity contribution in [3.05, 3.63) is 58.1 Å². The van der Waals surface area contributed by atoms with Crippen LogP contribution in [0.3, 0.4) is 0 Å². The molecule has 2 aromatic carbocycles. The molecule has 0 spiro atoms. The van der Waals surface area contributed by atoms with Crippen molar-refractivity contribution in [1.29, 1.82) is 0 Å². The number of hydrogen-bond acceptors (Lipinski definition) is 3. The molecule has 0 aliphatic carbocycles. The molecule has 140 valence electrons. The number of nitrogens with zero attached hydrogens (tertiary/aromatic N) is 1. The average molecular weight is 416 g/mol. The number of anilines is 1. The number of carbonyl (C=O) groups is 1. The maximum absolute atomic E-state index is 12.5. The molecule has 1 fully saturated rings. The lowest BCUT2D eigenvalue weighted by atomic mass is 10.1. The lowest BCUT2D eigenvalue weighted by molar-refractivity contribution is 0.102. The van der Waals surface area contributed by atoms with Gasteiger partial charge in [-0.15, -0.1) is 12.4 Å². The molecule has 0 bridgehead atoms. The zero-order chi connectivity index (χ0) is 17.8. The molecule has 0 saturated carbocycles. The van der Waals surface area contributed by atoms with Crippen LogP contribution in [0.15, 0.2) is 42.5 Å². The zero-order valence-corrected chi connectivity index (χ0v) is 16.7. The quantitative estimate of drug-likeness (QED) is 0.751. The van der Waals surface area contributed by atoms with Gasteiger partial charge in [-0.2, -0.15) is 0 Å². The van der Waals surface area contributed by atoms with E-state index in [0.717, 1.165) is 31.7 Å². The molecule has 1 saturated heterocycles. The number of halogens is 3. The topological polar surface area (TPSA) is 41.6 Å². The first-order chi connectivity index (χ1) is 12.0. The first-order valence-corrected chi connectivity index (χ1v) is 8.99. The van der Waals surface area contributed by atoms with Crippen LogP contribution in [0.1, 0.15) is 23.2 Å². The number of benzene rings is 2. The van der Waals surface area contributed by atoms with E-state index in [-0.39, 0.29) is 30.0 Å². The van der Waals surface area contributed by atoms with Crippen molar-refractivity contribution in [2.45, 2.75) is 18.9 Å². The SMILES string of the molecule is CN1CCC(Oc2cccc(NC(=O)c3c(Cl)cccc3Cl)c2)CC1.Cl. The summed E-state index contributed by atoms with van der Waals surface area (Å²) in [5.41, 5.74) is 0.916. The van der Waals surface area contributed by atoms with Crippen molar-refractivity contribution in [2.75, 3.05) is 25.5 Å². The second-order valence-electron chi connectivity index (χ2n) is 6.20. The number of hydrogen-bond donors (Lipinski definition) is 1. The normalized spacial score (nSPS) is 15.2. The molecule has 0 radical (unpaired) electrons. The Morgan fingerprint density at radius 2 is 1.73 bits per heavy atom. The van der Waals surface area contributed by atoms with E-state index in [0.29, 0.717) is 15.7 Å². The number of amides is 1. The van der Waals surface area contributed by atoms with Gasteiger partial charge in [0.05, 0.1) is 15.6 Å². The first kappa shape index (κ1) is 20.8. The molecule has 2 aromatic rings. The summed E-state index contributed by atoms with van der Waals surface area (Å²) in [5.74, 6) is 0.407. The summed E-state index contributed by atoms with van der Waals surface area (Å²) >= 11 is 12.2. The van der Waals surface area contributed by atoms with E-state index in [1.165, 1.54) is 0 Å². The second kappa shape index (κ2) is 9.47. The highest BCUT2D eigenvalue weighted by molar-refractivity contribution is 6.40. The minimum absolute atomic E-state index is 0. The van der Waals surface area contributed by atoms with Crippen LogP contribution in [0, 0.1) is 0 Å². The van der Waals surface area contributed by atoms with Crippen molar-refractivity contribution in [3.63, 3.8) is 0 Å². The van der Waals surface area contributed by atoms with Crippen LogP contribution in [0.25, 0.3) is 0 Å². The van der Waals surface area contributed by atoms with E-state index in [1.807, 2.05) is 24.3 Å². The Labute approximate surface area is 169 Å². The summed E-state index contributed by atoms with van der Waals surface area (Å²) in [7, 11) is 2.12. The summed E-state index contributed by atoms with van der Waals surface area (Å²) in [6, 6.07) is 12.4. The molecular formula is C19H21Cl3N2O2. The number of likely N-dealkylation sites (tertiary alicyclic amines) is 1. The molecule has 1 aliphatic heterocycles. The Hall–Kier alpha value is -1.46. The molecule has 1 heterocycles. The predicted octanol–water partition coefficient (Wildman–Crippen LogP) is 5.14. The Bertz CT molecular complexity index is 742. The third-order valence-electron chi connectivity index (χ3n) is 4.25. The largest absolute Gasteiger partial charge is 0.490 e. The van der Waals surface area contributed by atoms with Crippen LogP contribution in [-0.2, 0) is 0 Å². The number of nitrogens with one attached hydrogen (secondary N) is 1. The molecule has 1 N–H and O–H groups in total. The molecule has 0 atom stereocenters. The molecule has 3 rings (SSSR count). The van der Waals surface area contributed by atoms with Crippen molar-refractivity contribution >= 4 is 47.2 Å². The van der Waals surface area contributed by atoms with Crippen LogP contribution in [0.5, 0.6) is 5.75 Å². The third kappa shape index (κ3) is 5.27. The lowest BCUT2D eigenvalue weighted by Gasteiger charge is -2.29. The summed E-state index contributed by atoms with van der Waals surface area (Å²) < 4.78 is 6.05. The molecule has 4 nitrogen and oxygen atoms in total. The summed E-state index contributed by atoms with van der Waals surface area (Å²) in [5, 5.41) is 3.47. The minimum Gasteiger partial charge on any atom is -0.490 e. The molecular weight excluding hydrogens is 395 g/mol. The third-order valence-corrected chi connectivity index (χ3v) is 4.88. The maximum atomic E-state index is 12.5. The van der Waals surface area contributed by atoms with Crippen molar-refractivity contribution < 1.29 is 9.53 Å². The number of piperidine rings is 1. The molecule has 1 aliphatic rings. The molecule has 26 heavy (non-hydrogen) atoms. The number of ether oxygens (including phenoxy) is 1. The van der Waals surface area contributed by atoms with Gasteiger partial charge >= 0.3 is 0 Å². The van der Waals surface area contributed by atoms with Crippen LogP contribution >= 0.6 is 35.6 Å². The van der Waals surface area contributed by atoms with Crippen LogP contribution < -0.4 is 10.1 Å². The van der Waals surface area contributed by atoms with Crippen LogP contribution in [0.2, 0.25) is 10.0 Å². The standard InChI is InChI=1S/C19H20Cl2N2O2.ClH/c1-23-10-8-14(9-11-23)25-15-5-2-4-13(12-15)22-19(24)18-16(20)6-3-7-17(18)21;/h2-7,12,14H,8-11H2,1H3,(H,22,24);1H. The van der Waals surface area contributed by atoms with Gasteiger partial charge in [-0.05, 0) is 44.2 Å². The Balaban J connectivity index is 0.00000243. The zero-order valence-electron chi connectivity index (χ0n) is 14.4. The smallest absolute Gasteiger partial charge is 0.258 e. The van der Waals surface area contributed by atoms with E-state index in [4.69, 9.17) is 27.9 Å². The van der Waals surface area contributed by atoms with Crippen LogP contribution in [0.4, 0.5) is 5.69 Å². The molecule has 0 unspecified atom stereocenters. The van der Waals surface area contributed by atoms with Gasteiger partial charge in [-0.1, -0.05) is 35.3 Å². The molecule has 0 aromatic heterocycles. The fraction of sp³-hybridized carbons (Fsp3) is 0.316. The number of carbonyl (C=O) groups excluding carboxylic acids is 1. The van der Waals surface area contributed by atoms with E-state index in [2.05, 4.69) is 17.3 Å². The first-order valence-electron chi connectivity index (χ1n) is 8.23. The predicted molar refractivity (Wildman–Crippen MR) is 109 cm³/mol. The molecule has 1 amide bonds. The van der Waals surface area contributed by atoms with Crippen LogP contribution in [-0.4, -0.2) is 37.0 Å². The Morgan fingerprint density at radius 1 is 1.12 bits per heavy atom. The van der Waals surface area contributed by atoms with E-state index >= 15 is 0 Å². The van der Waals surface area contributed by atoms with Gasteiger partial charge in [0.1, 0.15) is 11.9 Å². The van der Waals surface area contributed by atoms with Gasteiger partial charge in [0.25, 0.3) is 5.91 Å². The van der Waals surface area contributed by atoms with Crippen molar-refractivity contribution in [3.8, 4) is 5.75 Å². The Kier molecular flexibility index (Phi) is 7.59. The second-order valence-corrected chi connectivity index (χ2v) is 7.01. The fourth-order valence-corrected chi connectivity index (χ4v) is 3.42. The van der Waals surface area contributed by atoms with Crippen molar-refractivity contribution in [2.24, 2.45) is 0 Å². The van der Waals surface area contributed by atoms with Gasteiger partial charge in [-0.3, -0.25) is 4.79 Å². The van der Waals surface area contributed by atoms with Gasteiger partial charge in [-0.25, -0.2) is 0 Å².